The molecular weight excluding hydrogens is 462 g/mol. The minimum Gasteiger partial charge on any atom is -0.493 e. The van der Waals surface area contributed by atoms with Crippen molar-refractivity contribution in [2.75, 3.05) is 27.3 Å². The predicted molar refractivity (Wildman–Crippen MR) is 146 cm³/mol. The molecule has 37 heavy (non-hydrogen) atoms. The van der Waals surface area contributed by atoms with Crippen LogP contribution in [0.5, 0.6) is 11.5 Å². The van der Waals surface area contributed by atoms with E-state index in [0.29, 0.717) is 12.0 Å². The first-order valence-electron chi connectivity index (χ1n) is 14.8. The van der Waals surface area contributed by atoms with Crippen LogP contribution in [0.1, 0.15) is 84.8 Å². The first-order chi connectivity index (χ1) is 17.4. The summed E-state index contributed by atoms with van der Waals surface area (Å²) in [7, 11) is 3.59. The topological polar surface area (TPSA) is 51.2 Å². The molecule has 5 nitrogen and oxygen atoms in total. The molecule has 3 aliphatic carbocycles. The van der Waals surface area contributed by atoms with Crippen LogP contribution >= 0.6 is 0 Å². The number of likely N-dealkylation sites (tertiary alicyclic amines) is 1. The Labute approximate surface area is 224 Å². The lowest BCUT2D eigenvalue weighted by molar-refractivity contribution is -0.239. The molecule has 1 unspecified atom stereocenters. The molecule has 1 saturated heterocycles. The van der Waals surface area contributed by atoms with E-state index in [1.54, 1.807) is 7.11 Å². The lowest BCUT2D eigenvalue weighted by Crippen LogP contribution is -2.77. The van der Waals surface area contributed by atoms with Gasteiger partial charge >= 0.3 is 0 Å². The summed E-state index contributed by atoms with van der Waals surface area (Å²) in [6, 6.07) is 4.89. The maximum absolute atomic E-state index is 12.3. The summed E-state index contributed by atoms with van der Waals surface area (Å²) in [4.78, 5) is 2.86. The zero-order valence-corrected chi connectivity index (χ0v) is 24.4. The molecule has 206 valence electrons. The standard InChI is InChI=1S/C32H49NO4/c1-19(2)16-31-17-22(30(6,34)29(3,4)5)26(36-8)28-32(31)13-14-33(18-20-9-10-20)24(31)15-21-11-12-23(35-7)27(37-28)25(21)32/h11-12,19-20,22,24,26,28,34H,9-10,13-18H2,1-8H3/t22-,24+,26?,28-,30-,31+,32-/m0/s1. The number of ether oxygens (including phenoxy) is 3. The summed E-state index contributed by atoms with van der Waals surface area (Å²) in [5.41, 5.74) is 1.55. The van der Waals surface area contributed by atoms with Gasteiger partial charge < -0.3 is 19.3 Å². The summed E-state index contributed by atoms with van der Waals surface area (Å²) in [5, 5.41) is 12.3. The Morgan fingerprint density at radius 3 is 2.49 bits per heavy atom. The second kappa shape index (κ2) is 8.35. The minimum absolute atomic E-state index is 0.0124. The molecule has 2 heterocycles. The Hall–Kier alpha value is -1.30. The van der Waals surface area contributed by atoms with Crippen molar-refractivity contribution in [2.45, 2.75) is 109 Å². The van der Waals surface area contributed by atoms with Crippen LogP contribution in [-0.4, -0.2) is 61.2 Å². The Morgan fingerprint density at radius 1 is 1.16 bits per heavy atom. The number of hydrogen-bond donors (Lipinski definition) is 1. The van der Waals surface area contributed by atoms with Gasteiger partial charge in [0.1, 0.15) is 12.2 Å². The van der Waals surface area contributed by atoms with Gasteiger partial charge in [-0.25, -0.2) is 0 Å². The fourth-order valence-electron chi connectivity index (χ4n) is 9.34. The molecule has 1 N–H and O–H groups in total. The highest BCUT2D eigenvalue weighted by molar-refractivity contribution is 5.62. The summed E-state index contributed by atoms with van der Waals surface area (Å²) < 4.78 is 19.4. The number of hydrogen-bond acceptors (Lipinski definition) is 5. The first-order valence-corrected chi connectivity index (χ1v) is 14.8. The van der Waals surface area contributed by atoms with Gasteiger partial charge in [0.05, 0.1) is 12.7 Å². The molecular formula is C32H49NO4. The zero-order chi connectivity index (χ0) is 26.5. The van der Waals surface area contributed by atoms with E-state index < -0.39 is 5.60 Å². The molecule has 2 saturated carbocycles. The fraction of sp³-hybridized carbons (Fsp3) is 0.812. The SMILES string of the molecule is COc1ccc2c3c1O[C@H]1C(OC)[C@@H]([C@](C)(O)C(C)(C)C)C[C@]4(CC(C)C)[C@@H](C2)N(CC2CC2)CC[C@]314. The molecule has 1 aromatic carbocycles. The molecule has 0 radical (unpaired) electrons. The van der Waals surface area contributed by atoms with Crippen LogP contribution in [0.25, 0.3) is 0 Å². The van der Waals surface area contributed by atoms with Gasteiger partial charge in [-0.15, -0.1) is 0 Å². The normalized spacial score (nSPS) is 38.2. The lowest BCUT2D eigenvalue weighted by atomic mass is 9.39. The van der Waals surface area contributed by atoms with Gasteiger partial charge in [0.2, 0.25) is 0 Å². The smallest absolute Gasteiger partial charge is 0.165 e. The largest absolute Gasteiger partial charge is 0.493 e. The Kier molecular flexibility index (Phi) is 5.86. The van der Waals surface area contributed by atoms with Crippen LogP contribution < -0.4 is 9.47 Å². The number of piperidine rings is 1. The van der Waals surface area contributed by atoms with Crippen molar-refractivity contribution >= 4 is 0 Å². The molecule has 6 rings (SSSR count). The Morgan fingerprint density at radius 2 is 1.89 bits per heavy atom. The average molecular weight is 512 g/mol. The highest BCUT2D eigenvalue weighted by Crippen LogP contribution is 2.73. The third-order valence-electron chi connectivity index (χ3n) is 11.5. The van der Waals surface area contributed by atoms with Crippen LogP contribution in [0.2, 0.25) is 0 Å². The third-order valence-corrected chi connectivity index (χ3v) is 11.5. The molecule has 5 heteroatoms. The number of benzene rings is 1. The third kappa shape index (κ3) is 3.38. The van der Waals surface area contributed by atoms with E-state index in [1.165, 1.54) is 30.5 Å². The van der Waals surface area contributed by atoms with Gasteiger partial charge in [0.15, 0.2) is 11.5 Å². The lowest BCUT2D eigenvalue weighted by Gasteiger charge is -2.70. The highest BCUT2D eigenvalue weighted by atomic mass is 16.6. The van der Waals surface area contributed by atoms with E-state index in [9.17, 15) is 5.11 Å². The number of nitrogens with zero attached hydrogens (tertiary/aromatic N) is 1. The monoisotopic (exact) mass is 511 g/mol. The molecule has 0 amide bonds. The fourth-order valence-corrected chi connectivity index (χ4v) is 9.34. The average Bonchev–Trinajstić information content (AvgIpc) is 3.56. The van der Waals surface area contributed by atoms with E-state index in [0.717, 1.165) is 49.6 Å². The van der Waals surface area contributed by atoms with Crippen LogP contribution in [0.3, 0.4) is 0 Å². The molecule has 3 fully saturated rings. The molecule has 2 bridgehead atoms. The molecule has 1 aromatic rings. The van der Waals surface area contributed by atoms with Crippen molar-refractivity contribution in [3.8, 4) is 11.5 Å². The van der Waals surface area contributed by atoms with Gasteiger partial charge in [-0.05, 0) is 80.9 Å². The second-order valence-electron chi connectivity index (χ2n) is 14.7. The maximum atomic E-state index is 12.3. The highest BCUT2D eigenvalue weighted by Gasteiger charge is 2.76. The van der Waals surface area contributed by atoms with E-state index in [-0.39, 0.29) is 34.4 Å². The van der Waals surface area contributed by atoms with Gasteiger partial charge in [-0.2, -0.15) is 0 Å². The van der Waals surface area contributed by atoms with E-state index in [2.05, 4.69) is 58.6 Å². The molecule has 2 aliphatic heterocycles. The Bertz CT molecular complexity index is 1060. The van der Waals surface area contributed by atoms with Gasteiger partial charge in [0, 0.05) is 42.0 Å². The molecule has 0 aromatic heterocycles. The van der Waals surface area contributed by atoms with Crippen LogP contribution in [0.15, 0.2) is 12.1 Å². The summed E-state index contributed by atoms with van der Waals surface area (Å²) in [6.45, 7) is 15.7. The predicted octanol–water partition coefficient (Wildman–Crippen LogP) is 5.60. The van der Waals surface area contributed by atoms with Gasteiger partial charge in [-0.3, -0.25) is 4.90 Å². The molecule has 7 atom stereocenters. The first kappa shape index (κ1) is 26.0. The molecule has 5 aliphatic rings. The van der Waals surface area contributed by atoms with Crippen molar-refractivity contribution in [3.63, 3.8) is 0 Å². The summed E-state index contributed by atoms with van der Waals surface area (Å²) >= 11 is 0. The zero-order valence-electron chi connectivity index (χ0n) is 24.4. The quantitative estimate of drug-likeness (QED) is 0.517. The van der Waals surface area contributed by atoms with Crippen LogP contribution in [0, 0.1) is 28.6 Å². The van der Waals surface area contributed by atoms with Gasteiger partial charge in [0.25, 0.3) is 0 Å². The number of methoxy groups -OCH3 is 2. The van der Waals surface area contributed by atoms with E-state index in [1.807, 2.05) is 7.11 Å². The van der Waals surface area contributed by atoms with Crippen molar-refractivity contribution in [1.29, 1.82) is 0 Å². The van der Waals surface area contributed by atoms with Crippen molar-refractivity contribution in [1.82, 2.24) is 4.90 Å². The van der Waals surface area contributed by atoms with Crippen LogP contribution in [0.4, 0.5) is 0 Å². The minimum atomic E-state index is -0.905. The van der Waals surface area contributed by atoms with E-state index in [4.69, 9.17) is 14.2 Å². The van der Waals surface area contributed by atoms with E-state index >= 15 is 0 Å². The number of rotatable bonds is 7. The number of aliphatic hydroxyl groups is 1. The van der Waals surface area contributed by atoms with Crippen molar-refractivity contribution < 1.29 is 19.3 Å². The summed E-state index contributed by atoms with van der Waals surface area (Å²) in [6.07, 6.45) is 6.70. The van der Waals surface area contributed by atoms with Crippen molar-refractivity contribution in [3.05, 3.63) is 23.3 Å². The maximum Gasteiger partial charge on any atom is 0.165 e. The van der Waals surface area contributed by atoms with Gasteiger partial charge in [-0.1, -0.05) is 40.7 Å². The molecule has 1 spiro atoms. The van der Waals surface area contributed by atoms with Crippen molar-refractivity contribution in [2.24, 2.45) is 28.6 Å². The second-order valence-corrected chi connectivity index (χ2v) is 14.7. The summed E-state index contributed by atoms with van der Waals surface area (Å²) in [5.74, 6) is 3.17. The Balaban J connectivity index is 1.61. The van der Waals surface area contributed by atoms with Crippen LogP contribution in [-0.2, 0) is 16.6 Å².